The molecule has 4 rings (SSSR count). The second-order valence-corrected chi connectivity index (χ2v) is 7.67. The van der Waals surface area contributed by atoms with Crippen LogP contribution in [0.25, 0.3) is 0 Å². The molecule has 1 heterocycles. The van der Waals surface area contributed by atoms with Crippen LogP contribution in [0, 0.1) is 0 Å². The third-order valence-corrected chi connectivity index (χ3v) is 5.55. The largest absolute Gasteiger partial charge is 0.496 e. The van der Waals surface area contributed by atoms with Crippen LogP contribution in [0.4, 0.5) is 0 Å². The quantitative estimate of drug-likeness (QED) is 0.515. The van der Waals surface area contributed by atoms with Crippen LogP contribution in [0.2, 0.25) is 5.02 Å². The smallest absolute Gasteiger partial charge is 0.251 e. The molecule has 0 atom stereocenters. The van der Waals surface area contributed by atoms with Crippen molar-refractivity contribution < 1.29 is 14.3 Å². The van der Waals surface area contributed by atoms with Gasteiger partial charge in [0.25, 0.3) is 5.91 Å². The molecule has 3 N–H and O–H groups in total. The van der Waals surface area contributed by atoms with Gasteiger partial charge in [-0.1, -0.05) is 41.9 Å². The molecule has 1 saturated heterocycles. The van der Waals surface area contributed by atoms with Crippen LogP contribution in [0.15, 0.2) is 66.7 Å². The maximum absolute atomic E-state index is 12.7. The Kier molecular flexibility index (Phi) is 6.72. The van der Waals surface area contributed by atoms with Crippen molar-refractivity contribution in [1.82, 2.24) is 16.2 Å². The Morgan fingerprint density at radius 1 is 1.03 bits per heavy atom. The average molecular weight is 438 g/mol. The number of methoxy groups -OCH3 is 1. The van der Waals surface area contributed by atoms with Crippen LogP contribution in [-0.2, 0) is 6.54 Å². The molecular formula is C24H24ClN3O3. The Balaban J connectivity index is 1.40. The Hall–Kier alpha value is -3.06. The third kappa shape index (κ3) is 5.17. The summed E-state index contributed by atoms with van der Waals surface area (Å²) >= 11 is 6.40. The third-order valence-electron chi connectivity index (χ3n) is 5.20. The van der Waals surface area contributed by atoms with Gasteiger partial charge in [0, 0.05) is 36.1 Å². The van der Waals surface area contributed by atoms with Crippen LogP contribution in [0.1, 0.15) is 27.4 Å². The Labute approximate surface area is 186 Å². The zero-order chi connectivity index (χ0) is 21.6. The van der Waals surface area contributed by atoms with Crippen molar-refractivity contribution in [3.63, 3.8) is 0 Å². The molecule has 3 aromatic rings. The Morgan fingerprint density at radius 2 is 1.81 bits per heavy atom. The number of hydrogen-bond donors (Lipinski definition) is 3. The minimum atomic E-state index is -0.187. The number of rotatable bonds is 7. The van der Waals surface area contributed by atoms with E-state index >= 15 is 0 Å². The average Bonchev–Trinajstić information content (AvgIpc) is 3.33. The van der Waals surface area contributed by atoms with Gasteiger partial charge >= 0.3 is 0 Å². The van der Waals surface area contributed by atoms with Crippen molar-refractivity contribution in [2.24, 2.45) is 0 Å². The van der Waals surface area contributed by atoms with Gasteiger partial charge in [0.1, 0.15) is 17.2 Å². The summed E-state index contributed by atoms with van der Waals surface area (Å²) in [6.07, 6.45) is 0. The van der Waals surface area contributed by atoms with Crippen molar-refractivity contribution in [2.45, 2.75) is 12.5 Å². The zero-order valence-corrected chi connectivity index (χ0v) is 17.9. The van der Waals surface area contributed by atoms with Gasteiger partial charge < -0.3 is 14.8 Å². The van der Waals surface area contributed by atoms with Crippen molar-refractivity contribution in [2.75, 3.05) is 20.2 Å². The van der Waals surface area contributed by atoms with Gasteiger partial charge in [-0.05, 0) is 47.5 Å². The predicted octanol–water partition coefficient (Wildman–Crippen LogP) is 4.26. The van der Waals surface area contributed by atoms with Crippen LogP contribution >= 0.6 is 11.6 Å². The zero-order valence-electron chi connectivity index (χ0n) is 17.2. The molecule has 0 aliphatic carbocycles. The predicted molar refractivity (Wildman–Crippen MR) is 121 cm³/mol. The lowest BCUT2D eigenvalue weighted by molar-refractivity contribution is 0.0950. The molecule has 7 heteroatoms. The van der Waals surface area contributed by atoms with E-state index in [0.717, 1.165) is 30.0 Å². The van der Waals surface area contributed by atoms with Gasteiger partial charge in [0.2, 0.25) is 0 Å². The lowest BCUT2D eigenvalue weighted by Gasteiger charge is -2.15. The Morgan fingerprint density at radius 3 is 2.52 bits per heavy atom. The fraction of sp³-hybridized carbons (Fsp3) is 0.208. The molecule has 6 nitrogen and oxygen atoms in total. The molecule has 1 fully saturated rings. The lowest BCUT2D eigenvalue weighted by atomic mass is 9.97. The summed E-state index contributed by atoms with van der Waals surface area (Å²) in [5, 5.41) is 3.45. The van der Waals surface area contributed by atoms with E-state index in [1.165, 1.54) is 0 Å². The molecule has 1 amide bonds. The van der Waals surface area contributed by atoms with E-state index in [0.29, 0.717) is 34.5 Å². The van der Waals surface area contributed by atoms with Gasteiger partial charge in [-0.2, -0.15) is 0 Å². The van der Waals surface area contributed by atoms with E-state index in [9.17, 15) is 4.79 Å². The minimum Gasteiger partial charge on any atom is -0.496 e. The summed E-state index contributed by atoms with van der Waals surface area (Å²) in [7, 11) is 1.62. The molecule has 0 aromatic heterocycles. The number of nitrogens with one attached hydrogen (secondary N) is 3. The van der Waals surface area contributed by atoms with Crippen molar-refractivity contribution >= 4 is 17.5 Å². The minimum absolute atomic E-state index is 0.187. The van der Waals surface area contributed by atoms with Crippen LogP contribution in [0.5, 0.6) is 17.2 Å². The maximum Gasteiger partial charge on any atom is 0.251 e. The number of para-hydroxylation sites is 1. The first-order chi connectivity index (χ1) is 15.1. The van der Waals surface area contributed by atoms with Crippen molar-refractivity contribution in [3.05, 3.63) is 88.4 Å². The van der Waals surface area contributed by atoms with Crippen LogP contribution in [0.3, 0.4) is 0 Å². The molecule has 0 saturated carbocycles. The van der Waals surface area contributed by atoms with Gasteiger partial charge in [0.15, 0.2) is 0 Å². The first-order valence-corrected chi connectivity index (χ1v) is 10.4. The second-order valence-electron chi connectivity index (χ2n) is 7.27. The Bertz CT molecular complexity index is 1050. The summed E-state index contributed by atoms with van der Waals surface area (Å²) in [4.78, 5) is 12.7. The monoisotopic (exact) mass is 437 g/mol. The van der Waals surface area contributed by atoms with Crippen molar-refractivity contribution in [3.8, 4) is 17.2 Å². The highest BCUT2D eigenvalue weighted by atomic mass is 35.5. The number of carbonyl (C=O) groups excluding carboxylic acids is 1. The number of amides is 1. The van der Waals surface area contributed by atoms with E-state index in [-0.39, 0.29) is 5.91 Å². The SMILES string of the molecule is COc1cc(C(=O)NCc2ccc(Oc3ccccc3)cc2Cl)ccc1C1CNNC1. The number of carbonyl (C=O) groups is 1. The molecule has 0 bridgehead atoms. The highest BCUT2D eigenvalue weighted by Crippen LogP contribution is 2.29. The fourth-order valence-electron chi connectivity index (χ4n) is 3.51. The standard InChI is InChI=1S/C24H24ClN3O3/c1-30-23-11-16(8-10-21(23)18-14-27-28-15-18)24(29)26-13-17-7-9-20(12-22(17)25)31-19-5-3-2-4-6-19/h2-12,18,27-28H,13-15H2,1H3,(H,26,29). The van der Waals surface area contributed by atoms with Crippen molar-refractivity contribution in [1.29, 1.82) is 0 Å². The van der Waals surface area contributed by atoms with E-state index in [1.54, 1.807) is 19.2 Å². The van der Waals surface area contributed by atoms with E-state index in [1.807, 2.05) is 54.6 Å². The molecule has 1 aliphatic heterocycles. The highest BCUT2D eigenvalue weighted by Gasteiger charge is 2.21. The van der Waals surface area contributed by atoms with Crippen LogP contribution < -0.4 is 25.6 Å². The number of ether oxygens (including phenoxy) is 2. The molecule has 3 aromatic carbocycles. The van der Waals surface area contributed by atoms with Gasteiger partial charge in [-0.15, -0.1) is 0 Å². The second kappa shape index (κ2) is 9.83. The molecule has 160 valence electrons. The first-order valence-electron chi connectivity index (χ1n) is 10.1. The normalized spacial score (nSPS) is 13.7. The summed E-state index contributed by atoms with van der Waals surface area (Å²) in [5.74, 6) is 2.21. The molecular weight excluding hydrogens is 414 g/mol. The number of hydrogen-bond acceptors (Lipinski definition) is 5. The molecule has 31 heavy (non-hydrogen) atoms. The lowest BCUT2D eigenvalue weighted by Crippen LogP contribution is -2.23. The number of halogens is 1. The first kappa shape index (κ1) is 21.2. The van der Waals surface area contributed by atoms with Gasteiger partial charge in [0.05, 0.1) is 7.11 Å². The molecule has 0 unspecified atom stereocenters. The van der Waals surface area contributed by atoms with E-state index in [2.05, 4.69) is 16.2 Å². The topological polar surface area (TPSA) is 71.6 Å². The molecule has 0 radical (unpaired) electrons. The number of hydrazine groups is 1. The van der Waals surface area contributed by atoms with E-state index < -0.39 is 0 Å². The van der Waals surface area contributed by atoms with Crippen LogP contribution in [-0.4, -0.2) is 26.1 Å². The summed E-state index contributed by atoms with van der Waals surface area (Å²) < 4.78 is 11.3. The van der Waals surface area contributed by atoms with E-state index in [4.69, 9.17) is 21.1 Å². The highest BCUT2D eigenvalue weighted by molar-refractivity contribution is 6.31. The maximum atomic E-state index is 12.7. The fourth-order valence-corrected chi connectivity index (χ4v) is 3.75. The van der Waals surface area contributed by atoms with Gasteiger partial charge in [-0.25, -0.2) is 0 Å². The molecule has 1 aliphatic rings. The summed E-state index contributed by atoms with van der Waals surface area (Å²) in [5.41, 5.74) is 8.65. The summed E-state index contributed by atoms with van der Waals surface area (Å²) in [6, 6.07) is 20.5. The number of benzene rings is 3. The molecule has 0 spiro atoms. The summed E-state index contributed by atoms with van der Waals surface area (Å²) in [6.45, 7) is 1.96. The van der Waals surface area contributed by atoms with Gasteiger partial charge in [-0.3, -0.25) is 15.6 Å².